The standard InChI is InChI=1S/C18H20ClN5O3.C2HF3O2/c19-13-8-22-15(24-18(20)21)12-7-10(5-6-11(12)13)16(25)23-14(17(26)27)9-3-1-2-4-9;3-2(4,5)1(6)7/h5-9,14H,1-4H2,(H,23,25)(H,26,27)(H4,20,21,22,24);(H,6,7). The highest BCUT2D eigenvalue weighted by Gasteiger charge is 2.38. The number of pyridine rings is 1. The van der Waals surface area contributed by atoms with Crippen molar-refractivity contribution in [2.45, 2.75) is 37.9 Å². The fourth-order valence-electron chi connectivity index (χ4n) is 3.44. The lowest BCUT2D eigenvalue weighted by atomic mass is 9.97. The normalized spacial score (nSPS) is 14.6. The third kappa shape index (κ3) is 6.94. The molecule has 184 valence electrons. The van der Waals surface area contributed by atoms with Crippen LogP contribution in [0.15, 0.2) is 29.4 Å². The first-order valence-electron chi connectivity index (χ1n) is 9.83. The molecule has 1 aromatic heterocycles. The molecule has 0 radical (unpaired) electrons. The van der Waals surface area contributed by atoms with Gasteiger partial charge in [-0.1, -0.05) is 30.5 Å². The second-order valence-electron chi connectivity index (χ2n) is 7.36. The summed E-state index contributed by atoms with van der Waals surface area (Å²) in [5, 5.41) is 20.8. The van der Waals surface area contributed by atoms with Crippen molar-refractivity contribution in [2.75, 3.05) is 0 Å². The van der Waals surface area contributed by atoms with E-state index in [2.05, 4.69) is 15.3 Å². The van der Waals surface area contributed by atoms with Gasteiger partial charge in [0.1, 0.15) is 6.04 Å². The van der Waals surface area contributed by atoms with Gasteiger partial charge >= 0.3 is 18.1 Å². The number of hydrogen-bond acceptors (Lipinski definition) is 5. The van der Waals surface area contributed by atoms with Crippen molar-refractivity contribution in [1.29, 1.82) is 0 Å². The maximum atomic E-state index is 12.7. The maximum absolute atomic E-state index is 12.7. The van der Waals surface area contributed by atoms with Gasteiger partial charge in [-0.25, -0.2) is 14.6 Å². The first-order valence-corrected chi connectivity index (χ1v) is 10.2. The van der Waals surface area contributed by atoms with Crippen LogP contribution in [-0.2, 0) is 9.59 Å². The third-order valence-electron chi connectivity index (χ3n) is 4.98. The van der Waals surface area contributed by atoms with Gasteiger partial charge in [0.15, 0.2) is 11.8 Å². The second-order valence-corrected chi connectivity index (χ2v) is 7.77. The molecule has 0 saturated heterocycles. The largest absolute Gasteiger partial charge is 0.490 e. The minimum Gasteiger partial charge on any atom is -0.480 e. The van der Waals surface area contributed by atoms with Crippen LogP contribution in [0.1, 0.15) is 36.0 Å². The van der Waals surface area contributed by atoms with Gasteiger partial charge in [0.2, 0.25) is 0 Å². The summed E-state index contributed by atoms with van der Waals surface area (Å²) in [6.07, 6.45) is -0.114. The van der Waals surface area contributed by atoms with Crippen LogP contribution in [0.25, 0.3) is 10.8 Å². The van der Waals surface area contributed by atoms with Gasteiger partial charge in [-0.3, -0.25) is 4.79 Å². The van der Waals surface area contributed by atoms with Crippen molar-refractivity contribution in [3.05, 3.63) is 35.0 Å². The van der Waals surface area contributed by atoms with E-state index in [4.69, 9.17) is 33.0 Å². The Hall–Kier alpha value is -3.61. The van der Waals surface area contributed by atoms with Crippen molar-refractivity contribution >= 4 is 52.0 Å². The molecule has 34 heavy (non-hydrogen) atoms. The van der Waals surface area contributed by atoms with Gasteiger partial charge in [0, 0.05) is 22.5 Å². The van der Waals surface area contributed by atoms with E-state index in [0.29, 0.717) is 15.8 Å². The number of nitrogens with zero attached hydrogens (tertiary/aromatic N) is 2. The minimum atomic E-state index is -5.08. The number of amides is 1. The zero-order chi connectivity index (χ0) is 25.6. The quantitative estimate of drug-likeness (QED) is 0.305. The molecule has 2 aromatic rings. The van der Waals surface area contributed by atoms with Gasteiger partial charge < -0.3 is 27.0 Å². The monoisotopic (exact) mass is 503 g/mol. The molecule has 0 bridgehead atoms. The molecule has 1 saturated carbocycles. The zero-order valence-corrected chi connectivity index (χ0v) is 18.2. The van der Waals surface area contributed by atoms with Crippen LogP contribution in [0, 0.1) is 5.92 Å². The second kappa shape index (κ2) is 11.0. The summed E-state index contributed by atoms with van der Waals surface area (Å²) in [5.74, 6) is -4.26. The van der Waals surface area contributed by atoms with Crippen LogP contribution in [-0.4, -0.2) is 51.2 Å². The molecule has 0 spiro atoms. The number of rotatable bonds is 5. The molecule has 7 N–H and O–H groups in total. The first-order chi connectivity index (χ1) is 15.8. The number of fused-ring (bicyclic) bond motifs is 1. The molecule has 3 rings (SSSR count). The lowest BCUT2D eigenvalue weighted by Gasteiger charge is -2.20. The summed E-state index contributed by atoms with van der Waals surface area (Å²) in [6.45, 7) is 0. The minimum absolute atomic E-state index is 0.0554. The highest BCUT2D eigenvalue weighted by Crippen LogP contribution is 2.31. The van der Waals surface area contributed by atoms with Crippen molar-refractivity contribution < 1.29 is 37.8 Å². The molecule has 1 aromatic carbocycles. The van der Waals surface area contributed by atoms with Crippen molar-refractivity contribution in [1.82, 2.24) is 10.3 Å². The van der Waals surface area contributed by atoms with Crippen molar-refractivity contribution in [2.24, 2.45) is 22.4 Å². The molecular formula is C20H21ClF3N5O5. The Labute approximate surface area is 195 Å². The number of aliphatic imine (C=N–C) groups is 1. The molecule has 1 fully saturated rings. The molecule has 10 nitrogen and oxygen atoms in total. The predicted octanol–water partition coefficient (Wildman–Crippen LogP) is 2.80. The molecule has 1 heterocycles. The number of carbonyl (C=O) groups is 3. The van der Waals surface area contributed by atoms with Crippen LogP contribution < -0.4 is 16.8 Å². The number of nitrogens with one attached hydrogen (secondary N) is 1. The average molecular weight is 504 g/mol. The molecule has 1 aliphatic carbocycles. The lowest BCUT2D eigenvalue weighted by molar-refractivity contribution is -0.192. The number of halogens is 4. The van der Waals surface area contributed by atoms with Gasteiger partial charge in [-0.15, -0.1) is 0 Å². The Morgan fingerprint density at radius 1 is 1.15 bits per heavy atom. The highest BCUT2D eigenvalue weighted by molar-refractivity contribution is 6.35. The number of alkyl halides is 3. The number of aromatic nitrogens is 1. The van der Waals surface area contributed by atoms with Crippen LogP contribution in [0.5, 0.6) is 0 Å². The Balaban J connectivity index is 0.000000509. The zero-order valence-electron chi connectivity index (χ0n) is 17.5. The summed E-state index contributed by atoms with van der Waals surface area (Å²) >= 11 is 6.16. The average Bonchev–Trinajstić information content (AvgIpc) is 3.27. The predicted molar refractivity (Wildman–Crippen MR) is 117 cm³/mol. The SMILES string of the molecule is NC(N)=Nc1ncc(Cl)c2ccc(C(=O)NC(C(=O)O)C3CCCC3)cc12.O=C(O)C(F)(F)F. The lowest BCUT2D eigenvalue weighted by Crippen LogP contribution is -2.45. The van der Waals surface area contributed by atoms with Crippen LogP contribution >= 0.6 is 11.6 Å². The Morgan fingerprint density at radius 2 is 1.74 bits per heavy atom. The van der Waals surface area contributed by atoms with E-state index in [1.54, 1.807) is 18.2 Å². The van der Waals surface area contributed by atoms with Crippen LogP contribution in [0.2, 0.25) is 5.02 Å². The highest BCUT2D eigenvalue weighted by atomic mass is 35.5. The van der Waals surface area contributed by atoms with E-state index in [-0.39, 0.29) is 23.3 Å². The number of guanidine groups is 1. The molecule has 0 aliphatic heterocycles. The molecule has 1 unspecified atom stereocenters. The number of benzene rings is 1. The maximum Gasteiger partial charge on any atom is 0.490 e. The van der Waals surface area contributed by atoms with E-state index in [1.165, 1.54) is 6.20 Å². The van der Waals surface area contributed by atoms with Crippen LogP contribution in [0.3, 0.4) is 0 Å². The van der Waals surface area contributed by atoms with E-state index in [0.717, 1.165) is 25.7 Å². The van der Waals surface area contributed by atoms with Gasteiger partial charge in [0.25, 0.3) is 5.91 Å². The van der Waals surface area contributed by atoms with Crippen LogP contribution in [0.4, 0.5) is 19.0 Å². The Morgan fingerprint density at radius 3 is 2.24 bits per heavy atom. The van der Waals surface area contributed by atoms with Gasteiger partial charge in [-0.2, -0.15) is 18.2 Å². The summed E-state index contributed by atoms with van der Waals surface area (Å²) in [4.78, 5) is 41.2. The smallest absolute Gasteiger partial charge is 0.480 e. The molecule has 1 atom stereocenters. The molecular weight excluding hydrogens is 483 g/mol. The van der Waals surface area contributed by atoms with Gasteiger partial charge in [-0.05, 0) is 30.9 Å². The fourth-order valence-corrected chi connectivity index (χ4v) is 3.66. The van der Waals surface area contributed by atoms with E-state index < -0.39 is 30.1 Å². The molecule has 1 aliphatic rings. The number of carbonyl (C=O) groups excluding carboxylic acids is 1. The third-order valence-corrected chi connectivity index (χ3v) is 5.28. The van der Waals surface area contributed by atoms with E-state index in [1.807, 2.05) is 0 Å². The van der Waals surface area contributed by atoms with E-state index in [9.17, 15) is 27.9 Å². The fraction of sp³-hybridized carbons (Fsp3) is 0.350. The summed E-state index contributed by atoms with van der Waals surface area (Å²) in [7, 11) is 0. The Bertz CT molecular complexity index is 1120. The van der Waals surface area contributed by atoms with Crippen molar-refractivity contribution in [3.8, 4) is 0 Å². The first kappa shape index (κ1) is 26.6. The Kier molecular flexibility index (Phi) is 8.62. The number of carboxylic acids is 2. The summed E-state index contributed by atoms with van der Waals surface area (Å²) in [5.41, 5.74) is 11.1. The summed E-state index contributed by atoms with van der Waals surface area (Å²) < 4.78 is 31.7. The number of nitrogens with two attached hydrogens (primary N) is 2. The number of carboxylic acid groups (broad SMARTS) is 2. The van der Waals surface area contributed by atoms with Gasteiger partial charge in [0.05, 0.1) is 5.02 Å². The summed E-state index contributed by atoms with van der Waals surface area (Å²) in [6, 6.07) is 3.88. The number of hydrogen-bond donors (Lipinski definition) is 5. The molecule has 14 heteroatoms. The van der Waals surface area contributed by atoms with Crippen molar-refractivity contribution in [3.63, 3.8) is 0 Å². The van der Waals surface area contributed by atoms with E-state index >= 15 is 0 Å². The molecule has 1 amide bonds. The number of aliphatic carboxylic acids is 2. The topological polar surface area (TPSA) is 181 Å².